The number of nitrogens with zero attached hydrogens (tertiary/aromatic N) is 1. The summed E-state index contributed by atoms with van der Waals surface area (Å²) in [5.74, 6) is -1.61. The van der Waals surface area contributed by atoms with E-state index in [9.17, 15) is 14.7 Å². The van der Waals surface area contributed by atoms with Crippen molar-refractivity contribution in [2.45, 2.75) is 0 Å². The Morgan fingerprint density at radius 3 is 2.61 bits per heavy atom. The van der Waals surface area contributed by atoms with Crippen LogP contribution in [0.3, 0.4) is 0 Å². The Bertz CT molecular complexity index is 1330. The van der Waals surface area contributed by atoms with Crippen molar-refractivity contribution in [2.75, 3.05) is 5.32 Å². The van der Waals surface area contributed by atoms with E-state index < -0.39 is 11.9 Å². The van der Waals surface area contributed by atoms with Crippen molar-refractivity contribution < 1.29 is 14.7 Å². The summed E-state index contributed by atoms with van der Waals surface area (Å²) in [5, 5.41) is 13.2. The lowest BCUT2D eigenvalue weighted by Crippen LogP contribution is -2.12. The summed E-state index contributed by atoms with van der Waals surface area (Å²) in [6.45, 7) is 0. The van der Waals surface area contributed by atoms with E-state index in [0.29, 0.717) is 0 Å². The molecule has 0 aliphatic heterocycles. The van der Waals surface area contributed by atoms with Gasteiger partial charge in [-0.3, -0.25) is 9.78 Å². The highest BCUT2D eigenvalue weighted by molar-refractivity contribution is 6.31. The number of fused-ring (bicyclic) bond motifs is 1. The highest BCUT2D eigenvalue weighted by Gasteiger charge is 2.12. The maximum Gasteiger partial charge on any atom is 0.337 e. The van der Waals surface area contributed by atoms with Crippen LogP contribution >= 0.6 is 11.6 Å². The van der Waals surface area contributed by atoms with Crippen molar-refractivity contribution in [3.05, 3.63) is 101 Å². The van der Waals surface area contributed by atoms with Gasteiger partial charge in [0.15, 0.2) is 0 Å². The fraction of sp³-hybridized carbons (Fsp3) is 0. The predicted molar refractivity (Wildman–Crippen MR) is 123 cm³/mol. The third-order valence-electron chi connectivity index (χ3n) is 4.73. The van der Waals surface area contributed by atoms with E-state index >= 15 is 0 Å². The first-order valence-electron chi connectivity index (χ1n) is 9.47. The largest absolute Gasteiger partial charge is 0.478 e. The first kappa shape index (κ1) is 20.3. The predicted octanol–water partition coefficient (Wildman–Crippen LogP) is 5.91. The van der Waals surface area contributed by atoms with E-state index in [1.165, 1.54) is 24.3 Å². The van der Waals surface area contributed by atoms with E-state index in [-0.39, 0.29) is 16.3 Å². The Balaban J connectivity index is 1.57. The minimum absolute atomic E-state index is 0.0697. The number of carboxylic acids is 1. The molecule has 0 aliphatic carbocycles. The lowest BCUT2D eigenvalue weighted by atomic mass is 10.00. The van der Waals surface area contributed by atoms with Gasteiger partial charge in [-0.2, -0.15) is 0 Å². The minimum atomic E-state index is -1.17. The number of benzene rings is 3. The lowest BCUT2D eigenvalue weighted by molar-refractivity contribution is -0.111. The number of halogens is 1. The topological polar surface area (TPSA) is 79.3 Å². The molecule has 3 aromatic carbocycles. The second-order valence-corrected chi connectivity index (χ2v) is 7.26. The molecule has 0 radical (unpaired) electrons. The second kappa shape index (κ2) is 8.81. The number of carboxylic acid groups (broad SMARTS) is 1. The number of aromatic carboxylic acids is 1. The third-order valence-corrected chi connectivity index (χ3v) is 4.96. The summed E-state index contributed by atoms with van der Waals surface area (Å²) in [6, 6.07) is 22.0. The van der Waals surface area contributed by atoms with Gasteiger partial charge in [-0.15, -0.1) is 0 Å². The fourth-order valence-corrected chi connectivity index (χ4v) is 3.47. The number of anilines is 1. The molecule has 0 saturated heterocycles. The zero-order chi connectivity index (χ0) is 21.8. The number of carbonyl (C=O) groups excluding carboxylic acids is 1. The minimum Gasteiger partial charge on any atom is -0.478 e. The second-order valence-electron chi connectivity index (χ2n) is 6.82. The molecule has 5 nitrogen and oxygen atoms in total. The lowest BCUT2D eigenvalue weighted by Gasteiger charge is -2.08. The van der Waals surface area contributed by atoms with E-state index in [0.717, 1.165) is 27.6 Å². The number of nitrogens with one attached hydrogen (secondary N) is 1. The maximum absolute atomic E-state index is 12.3. The van der Waals surface area contributed by atoms with Crippen LogP contribution in [0.5, 0.6) is 0 Å². The van der Waals surface area contributed by atoms with E-state index in [1.807, 2.05) is 54.6 Å². The van der Waals surface area contributed by atoms with Crippen LogP contribution in [0.4, 0.5) is 5.69 Å². The van der Waals surface area contributed by atoms with Gasteiger partial charge in [0.1, 0.15) is 0 Å². The molecule has 1 aromatic heterocycles. The maximum atomic E-state index is 12.3. The van der Waals surface area contributed by atoms with Gasteiger partial charge in [0, 0.05) is 28.2 Å². The Kier molecular flexibility index (Phi) is 5.78. The van der Waals surface area contributed by atoms with Crippen LogP contribution in [-0.2, 0) is 4.79 Å². The monoisotopic (exact) mass is 428 g/mol. The number of hydrogen-bond donors (Lipinski definition) is 2. The van der Waals surface area contributed by atoms with Crippen LogP contribution in [0, 0.1) is 0 Å². The van der Waals surface area contributed by atoms with Crippen molar-refractivity contribution in [2.24, 2.45) is 0 Å². The van der Waals surface area contributed by atoms with Crippen molar-refractivity contribution >= 4 is 46.1 Å². The van der Waals surface area contributed by atoms with Gasteiger partial charge in [-0.05, 0) is 47.5 Å². The molecular weight excluding hydrogens is 412 g/mol. The van der Waals surface area contributed by atoms with Gasteiger partial charge in [0.05, 0.1) is 16.8 Å². The van der Waals surface area contributed by atoms with Gasteiger partial charge >= 0.3 is 5.97 Å². The third kappa shape index (κ3) is 4.63. The van der Waals surface area contributed by atoms with Crippen molar-refractivity contribution in [1.82, 2.24) is 4.98 Å². The summed E-state index contributed by atoms with van der Waals surface area (Å²) in [5.41, 5.74) is 3.84. The molecule has 0 unspecified atom stereocenters. The number of carbonyl (C=O) groups is 2. The van der Waals surface area contributed by atoms with Crippen molar-refractivity contribution in [1.29, 1.82) is 0 Å². The van der Waals surface area contributed by atoms with Crippen LogP contribution in [-0.4, -0.2) is 22.0 Å². The van der Waals surface area contributed by atoms with Crippen LogP contribution in [0.25, 0.3) is 28.1 Å². The van der Waals surface area contributed by atoms with Crippen LogP contribution < -0.4 is 5.32 Å². The molecule has 0 bridgehead atoms. The summed E-state index contributed by atoms with van der Waals surface area (Å²) < 4.78 is 0. The first-order chi connectivity index (χ1) is 15.0. The normalized spacial score (nSPS) is 11.0. The zero-order valence-electron chi connectivity index (χ0n) is 16.2. The molecule has 4 aromatic rings. The fourth-order valence-electron chi connectivity index (χ4n) is 3.30. The average Bonchev–Trinajstić information content (AvgIpc) is 2.78. The molecule has 0 aliphatic rings. The average molecular weight is 429 g/mol. The van der Waals surface area contributed by atoms with E-state index in [4.69, 9.17) is 11.6 Å². The van der Waals surface area contributed by atoms with Gasteiger partial charge in [-0.25, -0.2) is 4.79 Å². The van der Waals surface area contributed by atoms with Crippen LogP contribution in [0.2, 0.25) is 5.02 Å². The Morgan fingerprint density at radius 2 is 1.77 bits per heavy atom. The highest BCUT2D eigenvalue weighted by Crippen LogP contribution is 2.28. The molecule has 2 N–H and O–H groups in total. The zero-order valence-corrected chi connectivity index (χ0v) is 17.0. The number of aromatic nitrogens is 1. The van der Waals surface area contributed by atoms with Gasteiger partial charge in [0.25, 0.3) is 0 Å². The molecule has 4 rings (SSSR count). The standard InChI is InChI=1S/C25H17ClN2O3/c26-19-10-11-22(21(15-19)25(30)31)28-23(29)12-9-16-4-1-6-18(14-16)20-8-2-5-17-7-3-13-27-24(17)20/h1-15H,(H,28,29)(H,30,31). The smallest absolute Gasteiger partial charge is 0.337 e. The Morgan fingerprint density at radius 1 is 0.968 bits per heavy atom. The Hall–Kier alpha value is -3.96. The van der Waals surface area contributed by atoms with Gasteiger partial charge in [0.2, 0.25) is 5.91 Å². The van der Waals surface area contributed by atoms with Crippen LogP contribution in [0.1, 0.15) is 15.9 Å². The molecule has 1 heterocycles. The number of rotatable bonds is 5. The highest BCUT2D eigenvalue weighted by atomic mass is 35.5. The molecule has 0 saturated carbocycles. The van der Waals surface area contributed by atoms with E-state index in [1.54, 1.807) is 12.3 Å². The molecule has 0 atom stereocenters. The molecule has 6 heteroatoms. The number of amides is 1. The summed E-state index contributed by atoms with van der Waals surface area (Å²) in [4.78, 5) is 28.2. The van der Waals surface area contributed by atoms with Crippen LogP contribution in [0.15, 0.2) is 85.1 Å². The summed E-state index contributed by atoms with van der Waals surface area (Å²) in [6.07, 6.45) is 4.80. The summed E-state index contributed by atoms with van der Waals surface area (Å²) >= 11 is 5.85. The first-order valence-corrected chi connectivity index (χ1v) is 9.85. The van der Waals surface area contributed by atoms with Gasteiger partial charge < -0.3 is 10.4 Å². The van der Waals surface area contributed by atoms with Crippen molar-refractivity contribution in [3.8, 4) is 11.1 Å². The molecule has 152 valence electrons. The molecule has 0 spiro atoms. The number of hydrogen-bond acceptors (Lipinski definition) is 3. The molecule has 1 amide bonds. The van der Waals surface area contributed by atoms with E-state index in [2.05, 4.69) is 10.3 Å². The molecule has 0 fully saturated rings. The summed E-state index contributed by atoms with van der Waals surface area (Å²) in [7, 11) is 0. The van der Waals surface area contributed by atoms with Crippen molar-refractivity contribution in [3.63, 3.8) is 0 Å². The number of para-hydroxylation sites is 1. The number of pyridine rings is 1. The SMILES string of the molecule is O=C(C=Cc1cccc(-c2cccc3cccnc23)c1)Nc1ccc(Cl)cc1C(=O)O. The quantitative estimate of drug-likeness (QED) is 0.387. The van der Waals surface area contributed by atoms with Gasteiger partial charge in [-0.1, -0.05) is 54.1 Å². The Labute approximate surface area is 183 Å². The molecule has 31 heavy (non-hydrogen) atoms. The molecular formula is C25H17ClN2O3.